The van der Waals surface area contributed by atoms with Crippen LogP contribution in [0.1, 0.15) is 19.4 Å². The molecule has 2 nitrogen and oxygen atoms in total. The molecular weight excluding hydrogens is 162 g/mol. The highest BCUT2D eigenvalue weighted by Crippen LogP contribution is 2.21. The maximum Gasteiger partial charge on any atom is 0.133 e. The molecule has 0 amide bonds. The molecule has 0 saturated carbocycles. The smallest absolute Gasteiger partial charge is 0.133 e. The Labute approximate surface area is 78.2 Å². The minimum atomic E-state index is 0.204. The van der Waals surface area contributed by atoms with Gasteiger partial charge in [-0.05, 0) is 12.5 Å². The first-order valence-electron chi connectivity index (χ1n) is 4.58. The van der Waals surface area contributed by atoms with E-state index in [0.717, 1.165) is 5.71 Å². The minimum absolute atomic E-state index is 0.204. The molecule has 1 heterocycles. The van der Waals surface area contributed by atoms with Crippen molar-refractivity contribution in [3.63, 3.8) is 0 Å². The summed E-state index contributed by atoms with van der Waals surface area (Å²) >= 11 is 0. The van der Waals surface area contributed by atoms with Gasteiger partial charge in [-0.1, -0.05) is 42.4 Å². The molecule has 0 saturated heterocycles. The molecule has 2 atom stereocenters. The van der Waals surface area contributed by atoms with E-state index in [0.29, 0.717) is 5.92 Å². The van der Waals surface area contributed by atoms with Gasteiger partial charge in [0.25, 0.3) is 0 Å². The zero-order chi connectivity index (χ0) is 9.26. The number of oxime groups is 1. The van der Waals surface area contributed by atoms with Crippen LogP contribution in [0.5, 0.6) is 0 Å². The Morgan fingerprint density at radius 3 is 2.38 bits per heavy atom. The van der Waals surface area contributed by atoms with Crippen molar-refractivity contribution in [1.29, 1.82) is 0 Å². The average molecular weight is 175 g/mol. The van der Waals surface area contributed by atoms with E-state index in [1.807, 2.05) is 25.1 Å². The van der Waals surface area contributed by atoms with Crippen molar-refractivity contribution in [2.75, 3.05) is 0 Å². The van der Waals surface area contributed by atoms with Gasteiger partial charge in [0.05, 0.1) is 5.71 Å². The molecule has 0 bridgehead atoms. The lowest BCUT2D eigenvalue weighted by molar-refractivity contribution is 0.0799. The predicted octanol–water partition coefficient (Wildman–Crippen LogP) is 2.45. The van der Waals surface area contributed by atoms with Crippen LogP contribution in [0.15, 0.2) is 35.5 Å². The SMILES string of the molecule is CC1ON=C(c2ccccc2)C1C. The van der Waals surface area contributed by atoms with Crippen LogP contribution < -0.4 is 0 Å². The fraction of sp³-hybridized carbons (Fsp3) is 0.364. The van der Waals surface area contributed by atoms with Crippen molar-refractivity contribution >= 4 is 5.71 Å². The largest absolute Gasteiger partial charge is 0.392 e. The Hall–Kier alpha value is -1.31. The molecule has 2 rings (SSSR count). The Bertz CT molecular complexity index is 318. The van der Waals surface area contributed by atoms with Crippen LogP contribution in [-0.2, 0) is 4.84 Å². The van der Waals surface area contributed by atoms with Crippen LogP contribution in [0.4, 0.5) is 0 Å². The van der Waals surface area contributed by atoms with E-state index in [9.17, 15) is 0 Å². The third-order valence-corrected chi connectivity index (χ3v) is 2.52. The standard InChI is InChI=1S/C11H13NO/c1-8-9(2)13-12-11(8)10-6-4-3-5-7-10/h3-9H,1-2H3. The van der Waals surface area contributed by atoms with Crippen molar-refractivity contribution < 1.29 is 4.84 Å². The maximum absolute atomic E-state index is 5.22. The molecule has 0 N–H and O–H groups in total. The van der Waals surface area contributed by atoms with E-state index in [-0.39, 0.29) is 6.10 Å². The zero-order valence-electron chi connectivity index (χ0n) is 7.90. The Morgan fingerprint density at radius 1 is 1.15 bits per heavy atom. The van der Waals surface area contributed by atoms with Gasteiger partial charge in [-0.25, -0.2) is 0 Å². The lowest BCUT2D eigenvalue weighted by Gasteiger charge is -2.08. The molecule has 0 fully saturated rings. The number of hydrogen-bond donors (Lipinski definition) is 0. The first kappa shape index (κ1) is 8.30. The highest BCUT2D eigenvalue weighted by molar-refractivity contribution is 6.02. The Kier molecular flexibility index (Phi) is 2.05. The Morgan fingerprint density at radius 2 is 1.85 bits per heavy atom. The van der Waals surface area contributed by atoms with Crippen molar-refractivity contribution in [3.8, 4) is 0 Å². The molecule has 1 aliphatic rings. The lowest BCUT2D eigenvalue weighted by atomic mass is 9.95. The topological polar surface area (TPSA) is 21.6 Å². The summed E-state index contributed by atoms with van der Waals surface area (Å²) in [7, 11) is 0. The molecule has 2 unspecified atom stereocenters. The van der Waals surface area contributed by atoms with Gasteiger partial charge in [-0.3, -0.25) is 0 Å². The summed E-state index contributed by atoms with van der Waals surface area (Å²) < 4.78 is 0. The van der Waals surface area contributed by atoms with Crippen molar-refractivity contribution in [2.45, 2.75) is 20.0 Å². The average Bonchev–Trinajstić information content (AvgIpc) is 2.49. The third kappa shape index (κ3) is 1.44. The summed E-state index contributed by atoms with van der Waals surface area (Å²) in [6.07, 6.45) is 0.204. The van der Waals surface area contributed by atoms with Crippen LogP contribution in [0.25, 0.3) is 0 Å². The van der Waals surface area contributed by atoms with E-state index in [2.05, 4.69) is 24.2 Å². The summed E-state index contributed by atoms with van der Waals surface area (Å²) in [5, 5.41) is 4.08. The molecule has 0 aromatic heterocycles. The third-order valence-electron chi connectivity index (χ3n) is 2.52. The van der Waals surface area contributed by atoms with Crippen molar-refractivity contribution in [2.24, 2.45) is 11.1 Å². The van der Waals surface area contributed by atoms with Crippen molar-refractivity contribution in [1.82, 2.24) is 0 Å². The predicted molar refractivity (Wildman–Crippen MR) is 52.7 cm³/mol. The van der Waals surface area contributed by atoms with Gasteiger partial charge in [0.15, 0.2) is 0 Å². The van der Waals surface area contributed by atoms with Crippen LogP contribution >= 0.6 is 0 Å². The zero-order valence-corrected chi connectivity index (χ0v) is 7.90. The van der Waals surface area contributed by atoms with Crippen LogP contribution in [0, 0.1) is 5.92 Å². The number of benzene rings is 1. The van der Waals surface area contributed by atoms with Gasteiger partial charge < -0.3 is 4.84 Å². The minimum Gasteiger partial charge on any atom is -0.392 e. The van der Waals surface area contributed by atoms with E-state index >= 15 is 0 Å². The highest BCUT2D eigenvalue weighted by Gasteiger charge is 2.26. The molecule has 68 valence electrons. The van der Waals surface area contributed by atoms with E-state index in [1.54, 1.807) is 0 Å². The summed E-state index contributed by atoms with van der Waals surface area (Å²) in [5.74, 6) is 0.391. The van der Waals surface area contributed by atoms with Gasteiger partial charge >= 0.3 is 0 Å². The van der Waals surface area contributed by atoms with Crippen molar-refractivity contribution in [3.05, 3.63) is 35.9 Å². The second kappa shape index (κ2) is 3.21. The fourth-order valence-corrected chi connectivity index (χ4v) is 1.46. The van der Waals surface area contributed by atoms with E-state index in [1.165, 1.54) is 5.56 Å². The molecular formula is C11H13NO. The van der Waals surface area contributed by atoms with Crippen LogP contribution in [-0.4, -0.2) is 11.8 Å². The second-order valence-electron chi connectivity index (χ2n) is 3.44. The molecule has 0 aliphatic carbocycles. The molecule has 2 heteroatoms. The summed E-state index contributed by atoms with van der Waals surface area (Å²) in [6, 6.07) is 10.2. The molecule has 0 spiro atoms. The summed E-state index contributed by atoms with van der Waals surface area (Å²) in [4.78, 5) is 5.22. The highest BCUT2D eigenvalue weighted by atomic mass is 16.6. The monoisotopic (exact) mass is 175 g/mol. The molecule has 1 aromatic rings. The lowest BCUT2D eigenvalue weighted by Crippen LogP contribution is -2.17. The maximum atomic E-state index is 5.22. The first-order chi connectivity index (χ1) is 6.29. The number of rotatable bonds is 1. The van der Waals surface area contributed by atoms with Crippen LogP contribution in [0.3, 0.4) is 0 Å². The fourth-order valence-electron chi connectivity index (χ4n) is 1.46. The van der Waals surface area contributed by atoms with Gasteiger partial charge in [0.1, 0.15) is 6.10 Å². The summed E-state index contributed by atoms with van der Waals surface area (Å²) in [6.45, 7) is 4.19. The molecule has 0 radical (unpaired) electrons. The molecule has 1 aromatic carbocycles. The van der Waals surface area contributed by atoms with Gasteiger partial charge in [-0.15, -0.1) is 0 Å². The molecule has 1 aliphatic heterocycles. The number of nitrogens with zero attached hydrogens (tertiary/aromatic N) is 1. The molecule has 13 heavy (non-hydrogen) atoms. The van der Waals surface area contributed by atoms with E-state index in [4.69, 9.17) is 4.84 Å². The van der Waals surface area contributed by atoms with E-state index < -0.39 is 0 Å². The van der Waals surface area contributed by atoms with Gasteiger partial charge in [-0.2, -0.15) is 0 Å². The summed E-state index contributed by atoms with van der Waals surface area (Å²) in [5.41, 5.74) is 2.23. The Balaban J connectivity index is 2.29. The van der Waals surface area contributed by atoms with Crippen LogP contribution in [0.2, 0.25) is 0 Å². The van der Waals surface area contributed by atoms with Gasteiger partial charge in [0.2, 0.25) is 0 Å². The van der Waals surface area contributed by atoms with Gasteiger partial charge in [0, 0.05) is 5.92 Å². The number of hydrogen-bond acceptors (Lipinski definition) is 2. The first-order valence-corrected chi connectivity index (χ1v) is 4.58. The second-order valence-corrected chi connectivity index (χ2v) is 3.44. The quantitative estimate of drug-likeness (QED) is 0.642. The normalized spacial score (nSPS) is 26.8.